The zero-order chi connectivity index (χ0) is 11.1. The first kappa shape index (κ1) is 12.6. The lowest BCUT2D eigenvalue weighted by Gasteiger charge is -2.22. The second-order valence-corrected chi connectivity index (χ2v) is 3.49. The Morgan fingerprint density at radius 1 is 1.47 bits per heavy atom. The van der Waals surface area contributed by atoms with Gasteiger partial charge in [-0.2, -0.15) is 0 Å². The van der Waals surface area contributed by atoms with E-state index in [0.717, 1.165) is 13.0 Å². The molecule has 0 spiro atoms. The summed E-state index contributed by atoms with van der Waals surface area (Å²) in [5, 5.41) is 0. The van der Waals surface area contributed by atoms with Crippen molar-refractivity contribution in [3.63, 3.8) is 0 Å². The van der Waals surface area contributed by atoms with Crippen LogP contribution in [-0.2, 0) is 18.9 Å². The zero-order valence-corrected chi connectivity index (χ0v) is 9.48. The van der Waals surface area contributed by atoms with Gasteiger partial charge in [0.25, 0.3) is 0 Å². The van der Waals surface area contributed by atoms with E-state index < -0.39 is 0 Å². The van der Waals surface area contributed by atoms with Crippen LogP contribution in [0.25, 0.3) is 0 Å². The van der Waals surface area contributed by atoms with Crippen molar-refractivity contribution in [3.05, 3.63) is 12.7 Å². The Labute approximate surface area is 91.1 Å². The molecule has 1 fully saturated rings. The van der Waals surface area contributed by atoms with Crippen molar-refractivity contribution >= 4 is 0 Å². The van der Waals surface area contributed by atoms with Gasteiger partial charge in [-0.1, -0.05) is 6.08 Å². The van der Waals surface area contributed by atoms with Crippen molar-refractivity contribution in [2.45, 2.75) is 24.7 Å². The molecular weight excluding hydrogens is 196 g/mol. The molecule has 0 aromatic rings. The van der Waals surface area contributed by atoms with Gasteiger partial charge < -0.3 is 18.9 Å². The third-order valence-corrected chi connectivity index (χ3v) is 2.36. The lowest BCUT2D eigenvalue weighted by molar-refractivity contribution is -0.0517. The lowest BCUT2D eigenvalue weighted by Crippen LogP contribution is -2.34. The van der Waals surface area contributed by atoms with E-state index in [1.165, 1.54) is 0 Å². The standard InChI is InChI=1S/C11H20O4/c1-4-9(13-3)11(10-8-15-10)14-7-5-6-12-2/h4,9-11H,1,5-8H2,2-3H3. The van der Waals surface area contributed by atoms with Gasteiger partial charge in [-0.25, -0.2) is 0 Å². The highest BCUT2D eigenvalue weighted by atomic mass is 16.6. The van der Waals surface area contributed by atoms with Crippen LogP contribution in [0.4, 0.5) is 0 Å². The van der Waals surface area contributed by atoms with Crippen molar-refractivity contribution in [1.82, 2.24) is 0 Å². The molecule has 0 aliphatic carbocycles. The maximum absolute atomic E-state index is 5.71. The maximum Gasteiger partial charge on any atom is 0.116 e. The molecule has 88 valence electrons. The van der Waals surface area contributed by atoms with Gasteiger partial charge in [-0.05, 0) is 6.42 Å². The predicted molar refractivity (Wildman–Crippen MR) is 57.0 cm³/mol. The molecule has 0 saturated carbocycles. The molecule has 4 nitrogen and oxygen atoms in total. The van der Waals surface area contributed by atoms with E-state index in [9.17, 15) is 0 Å². The average molecular weight is 216 g/mol. The van der Waals surface area contributed by atoms with Crippen LogP contribution in [0, 0.1) is 0 Å². The molecular formula is C11H20O4. The van der Waals surface area contributed by atoms with E-state index in [1.807, 2.05) is 0 Å². The van der Waals surface area contributed by atoms with Gasteiger partial charge in [0.15, 0.2) is 0 Å². The van der Waals surface area contributed by atoms with Crippen molar-refractivity contribution in [2.24, 2.45) is 0 Å². The van der Waals surface area contributed by atoms with Gasteiger partial charge >= 0.3 is 0 Å². The SMILES string of the molecule is C=CC(OC)C(OCCCOC)C1CO1. The van der Waals surface area contributed by atoms with Crippen molar-refractivity contribution < 1.29 is 18.9 Å². The molecule has 15 heavy (non-hydrogen) atoms. The van der Waals surface area contributed by atoms with E-state index in [2.05, 4.69) is 6.58 Å². The minimum atomic E-state index is -0.0972. The minimum absolute atomic E-state index is 0.0376. The summed E-state index contributed by atoms with van der Waals surface area (Å²) in [4.78, 5) is 0. The largest absolute Gasteiger partial charge is 0.385 e. The molecule has 1 saturated heterocycles. The monoisotopic (exact) mass is 216 g/mol. The third-order valence-electron chi connectivity index (χ3n) is 2.36. The Bertz CT molecular complexity index is 179. The van der Waals surface area contributed by atoms with E-state index in [0.29, 0.717) is 13.2 Å². The summed E-state index contributed by atoms with van der Waals surface area (Å²) < 4.78 is 21.2. The molecule has 3 unspecified atom stereocenters. The van der Waals surface area contributed by atoms with Gasteiger partial charge in [0, 0.05) is 27.4 Å². The molecule has 4 heteroatoms. The van der Waals surface area contributed by atoms with E-state index in [-0.39, 0.29) is 18.3 Å². The third kappa shape index (κ3) is 4.30. The van der Waals surface area contributed by atoms with Crippen LogP contribution in [0.1, 0.15) is 6.42 Å². The maximum atomic E-state index is 5.71. The van der Waals surface area contributed by atoms with Crippen LogP contribution in [0.3, 0.4) is 0 Å². The first-order valence-corrected chi connectivity index (χ1v) is 5.21. The number of epoxide rings is 1. The second kappa shape index (κ2) is 6.95. The highest BCUT2D eigenvalue weighted by Gasteiger charge is 2.38. The summed E-state index contributed by atoms with van der Waals surface area (Å²) in [7, 11) is 3.34. The Hall–Kier alpha value is -0.420. The number of methoxy groups -OCH3 is 2. The average Bonchev–Trinajstić information content (AvgIpc) is 3.07. The number of hydrogen-bond donors (Lipinski definition) is 0. The van der Waals surface area contributed by atoms with Crippen molar-refractivity contribution in [3.8, 4) is 0 Å². The predicted octanol–water partition coefficient (Wildman–Crippen LogP) is 1.01. The van der Waals surface area contributed by atoms with Gasteiger partial charge in [-0.3, -0.25) is 0 Å². The van der Waals surface area contributed by atoms with Gasteiger partial charge in [-0.15, -0.1) is 6.58 Å². The minimum Gasteiger partial charge on any atom is -0.385 e. The van der Waals surface area contributed by atoms with Crippen LogP contribution in [0.15, 0.2) is 12.7 Å². The fourth-order valence-electron chi connectivity index (χ4n) is 1.45. The van der Waals surface area contributed by atoms with Crippen molar-refractivity contribution in [2.75, 3.05) is 34.0 Å². The molecule has 1 rings (SSSR count). The Balaban J connectivity index is 2.26. The molecule has 0 amide bonds. The highest BCUT2D eigenvalue weighted by molar-refractivity contribution is 4.95. The summed E-state index contributed by atoms with van der Waals surface area (Å²) in [6.45, 7) is 5.85. The van der Waals surface area contributed by atoms with Crippen LogP contribution in [-0.4, -0.2) is 52.4 Å². The smallest absolute Gasteiger partial charge is 0.116 e. The van der Waals surface area contributed by atoms with Gasteiger partial charge in [0.2, 0.25) is 0 Å². The Morgan fingerprint density at radius 2 is 2.20 bits per heavy atom. The summed E-state index contributed by atoms with van der Waals surface area (Å²) in [6, 6.07) is 0. The van der Waals surface area contributed by atoms with E-state index in [4.69, 9.17) is 18.9 Å². The molecule has 3 atom stereocenters. The molecule has 1 aliphatic rings. The van der Waals surface area contributed by atoms with Gasteiger partial charge in [0.05, 0.1) is 6.61 Å². The molecule has 1 heterocycles. The molecule has 0 aromatic heterocycles. The summed E-state index contributed by atoms with van der Waals surface area (Å²) in [5.41, 5.74) is 0. The van der Waals surface area contributed by atoms with E-state index >= 15 is 0 Å². The van der Waals surface area contributed by atoms with Crippen LogP contribution in [0.5, 0.6) is 0 Å². The molecule has 0 N–H and O–H groups in total. The van der Waals surface area contributed by atoms with E-state index in [1.54, 1.807) is 20.3 Å². The van der Waals surface area contributed by atoms with Crippen LogP contribution < -0.4 is 0 Å². The molecule has 0 aromatic carbocycles. The number of ether oxygens (including phenoxy) is 4. The summed E-state index contributed by atoms with van der Waals surface area (Å²) in [6.07, 6.45) is 2.66. The van der Waals surface area contributed by atoms with Crippen LogP contribution >= 0.6 is 0 Å². The van der Waals surface area contributed by atoms with Crippen molar-refractivity contribution in [1.29, 1.82) is 0 Å². The number of rotatable bonds is 9. The summed E-state index contributed by atoms with van der Waals surface area (Å²) in [5.74, 6) is 0. The second-order valence-electron chi connectivity index (χ2n) is 3.49. The zero-order valence-electron chi connectivity index (χ0n) is 9.48. The quantitative estimate of drug-likeness (QED) is 0.327. The first-order valence-electron chi connectivity index (χ1n) is 5.21. The molecule has 0 radical (unpaired) electrons. The first-order chi connectivity index (χ1) is 7.33. The topological polar surface area (TPSA) is 40.2 Å². The molecule has 0 bridgehead atoms. The Kier molecular flexibility index (Phi) is 5.86. The normalized spacial score (nSPS) is 23.5. The number of hydrogen-bond acceptors (Lipinski definition) is 4. The fourth-order valence-corrected chi connectivity index (χ4v) is 1.45. The Morgan fingerprint density at radius 3 is 2.67 bits per heavy atom. The highest BCUT2D eigenvalue weighted by Crippen LogP contribution is 2.22. The van der Waals surface area contributed by atoms with Crippen LogP contribution in [0.2, 0.25) is 0 Å². The summed E-state index contributed by atoms with van der Waals surface area (Å²) >= 11 is 0. The van der Waals surface area contributed by atoms with Gasteiger partial charge in [0.1, 0.15) is 18.3 Å². The fraction of sp³-hybridized carbons (Fsp3) is 0.818. The lowest BCUT2D eigenvalue weighted by atomic mass is 10.1. The molecule has 1 aliphatic heterocycles.